The number of hydrogen-bond acceptors (Lipinski definition) is 4. The molecule has 4 aromatic rings. The first-order valence-electron chi connectivity index (χ1n) is 13.0. The molecule has 1 aliphatic carbocycles. The summed E-state index contributed by atoms with van der Waals surface area (Å²) >= 11 is 0. The van der Waals surface area contributed by atoms with E-state index in [1.165, 1.54) is 27.9 Å². The molecule has 196 valence electrons. The van der Waals surface area contributed by atoms with Crippen LogP contribution in [-0.4, -0.2) is 38.3 Å². The van der Waals surface area contributed by atoms with Gasteiger partial charge in [-0.05, 0) is 60.6 Å². The molecule has 0 bridgehead atoms. The molecule has 38 heavy (non-hydrogen) atoms. The molecular formula is C32H34N2O4. The average molecular weight is 511 g/mol. The molecule has 1 heterocycles. The summed E-state index contributed by atoms with van der Waals surface area (Å²) in [4.78, 5) is 12.8. The lowest BCUT2D eigenvalue weighted by atomic mass is 9.90. The van der Waals surface area contributed by atoms with Gasteiger partial charge in [-0.1, -0.05) is 36.4 Å². The molecule has 1 N–H and O–H groups in total. The number of nitrogens with one attached hydrogen (secondary N) is 1. The Hall–Kier alpha value is -4.19. The maximum Gasteiger partial charge on any atom is 0.220 e. The predicted octanol–water partition coefficient (Wildman–Crippen LogP) is 5.56. The predicted molar refractivity (Wildman–Crippen MR) is 150 cm³/mol. The van der Waals surface area contributed by atoms with Crippen molar-refractivity contribution >= 4 is 5.91 Å². The normalized spacial score (nSPS) is 11.9. The van der Waals surface area contributed by atoms with Gasteiger partial charge >= 0.3 is 0 Å². The molecule has 6 nitrogen and oxygen atoms in total. The molecule has 0 radical (unpaired) electrons. The van der Waals surface area contributed by atoms with Crippen LogP contribution in [0.2, 0.25) is 0 Å². The Kier molecular flexibility index (Phi) is 7.68. The molecule has 0 fully saturated rings. The summed E-state index contributed by atoms with van der Waals surface area (Å²) in [5.74, 6) is 2.34. The van der Waals surface area contributed by atoms with Crippen LogP contribution in [0.3, 0.4) is 0 Å². The van der Waals surface area contributed by atoms with Gasteiger partial charge in [-0.3, -0.25) is 4.79 Å². The Morgan fingerprint density at radius 3 is 2.18 bits per heavy atom. The number of nitrogens with zero attached hydrogens (tertiary/aromatic N) is 1. The lowest BCUT2D eigenvalue weighted by molar-refractivity contribution is -0.121. The summed E-state index contributed by atoms with van der Waals surface area (Å²) in [5.41, 5.74) is 8.32. The molecule has 0 spiro atoms. The number of aromatic nitrogens is 1. The molecule has 0 unspecified atom stereocenters. The van der Waals surface area contributed by atoms with Crippen molar-refractivity contribution < 1.29 is 19.0 Å². The van der Waals surface area contributed by atoms with Crippen molar-refractivity contribution in [3.8, 4) is 34.2 Å². The van der Waals surface area contributed by atoms with E-state index in [1.54, 1.807) is 21.3 Å². The van der Waals surface area contributed by atoms with E-state index in [4.69, 9.17) is 14.2 Å². The van der Waals surface area contributed by atoms with E-state index in [0.29, 0.717) is 19.4 Å². The minimum absolute atomic E-state index is 0.0489. The number of aryl methyl sites for hydroxylation is 3. The summed E-state index contributed by atoms with van der Waals surface area (Å²) in [6.07, 6.45) is 3.81. The molecule has 0 atom stereocenters. The molecule has 5 rings (SSSR count). The van der Waals surface area contributed by atoms with Gasteiger partial charge in [0, 0.05) is 42.4 Å². The Morgan fingerprint density at radius 2 is 1.47 bits per heavy atom. The lowest BCUT2D eigenvalue weighted by Crippen LogP contribution is -2.26. The van der Waals surface area contributed by atoms with Gasteiger partial charge < -0.3 is 24.1 Å². The molecular weight excluding hydrogens is 476 g/mol. The zero-order valence-electron chi connectivity index (χ0n) is 22.3. The fourth-order valence-corrected chi connectivity index (χ4v) is 5.21. The maximum atomic E-state index is 12.8. The Labute approximate surface area is 224 Å². The van der Waals surface area contributed by atoms with Crippen LogP contribution in [0.5, 0.6) is 17.2 Å². The van der Waals surface area contributed by atoms with Crippen molar-refractivity contribution in [2.75, 3.05) is 27.9 Å². The molecule has 1 aliphatic rings. The van der Waals surface area contributed by atoms with Crippen LogP contribution < -0.4 is 19.5 Å². The third-order valence-corrected chi connectivity index (χ3v) is 7.19. The Bertz CT molecular complexity index is 1400. The number of rotatable bonds is 10. The number of carbonyl (C=O) groups excluding carboxylic acids is 1. The van der Waals surface area contributed by atoms with E-state index >= 15 is 0 Å². The van der Waals surface area contributed by atoms with E-state index in [-0.39, 0.29) is 5.91 Å². The van der Waals surface area contributed by atoms with E-state index in [9.17, 15) is 4.79 Å². The van der Waals surface area contributed by atoms with E-state index in [1.807, 2.05) is 42.5 Å². The van der Waals surface area contributed by atoms with Crippen molar-refractivity contribution in [1.29, 1.82) is 0 Å². The number of benzene rings is 3. The molecule has 6 heteroatoms. The third kappa shape index (κ3) is 5.40. The van der Waals surface area contributed by atoms with Crippen molar-refractivity contribution in [1.82, 2.24) is 9.88 Å². The summed E-state index contributed by atoms with van der Waals surface area (Å²) in [6.45, 7) is 0.600. The molecule has 1 amide bonds. The number of hydrogen-bond donors (Lipinski definition) is 1. The van der Waals surface area contributed by atoms with Crippen molar-refractivity contribution in [3.63, 3.8) is 0 Å². The highest BCUT2D eigenvalue weighted by Crippen LogP contribution is 2.39. The minimum atomic E-state index is 0.0489. The first-order chi connectivity index (χ1) is 18.6. The van der Waals surface area contributed by atoms with Crippen LogP contribution in [0.15, 0.2) is 72.8 Å². The monoisotopic (exact) mass is 510 g/mol. The topological polar surface area (TPSA) is 61.7 Å². The highest BCUT2D eigenvalue weighted by Gasteiger charge is 2.24. The molecule has 0 saturated heterocycles. The number of ether oxygens (including phenoxy) is 3. The first-order valence-corrected chi connectivity index (χ1v) is 13.0. The highest BCUT2D eigenvalue weighted by molar-refractivity contribution is 5.77. The van der Waals surface area contributed by atoms with Crippen molar-refractivity contribution in [2.24, 2.45) is 0 Å². The largest absolute Gasteiger partial charge is 0.497 e. The fourth-order valence-electron chi connectivity index (χ4n) is 5.21. The zero-order valence-corrected chi connectivity index (χ0v) is 22.3. The van der Waals surface area contributed by atoms with Gasteiger partial charge in [0.25, 0.3) is 0 Å². The fraction of sp³-hybridized carbons (Fsp3) is 0.281. The van der Waals surface area contributed by atoms with Gasteiger partial charge in [-0.15, -0.1) is 0 Å². The summed E-state index contributed by atoms with van der Waals surface area (Å²) in [6, 6.07) is 24.7. The van der Waals surface area contributed by atoms with Crippen LogP contribution in [0.25, 0.3) is 16.9 Å². The van der Waals surface area contributed by atoms with Crippen molar-refractivity contribution in [2.45, 2.75) is 32.1 Å². The Morgan fingerprint density at radius 1 is 0.789 bits per heavy atom. The number of amides is 1. The minimum Gasteiger partial charge on any atom is -0.497 e. The molecule has 0 saturated carbocycles. The maximum absolute atomic E-state index is 12.8. The highest BCUT2D eigenvalue weighted by atomic mass is 16.5. The molecule has 3 aromatic carbocycles. The third-order valence-electron chi connectivity index (χ3n) is 7.19. The molecule has 1 aromatic heterocycles. The Balaban J connectivity index is 1.38. The first kappa shape index (κ1) is 25.5. The SMILES string of the molecule is COc1ccc(CCNC(=O)CCc2cc3c(n2-c2cc(OC)cc(OC)c2)-c2ccccc2CC3)cc1. The summed E-state index contributed by atoms with van der Waals surface area (Å²) < 4.78 is 18.7. The van der Waals surface area contributed by atoms with E-state index in [0.717, 1.165) is 47.9 Å². The number of fused-ring (bicyclic) bond motifs is 3. The van der Waals surface area contributed by atoms with Crippen LogP contribution in [-0.2, 0) is 30.5 Å². The van der Waals surface area contributed by atoms with Crippen LogP contribution in [0.1, 0.15) is 28.8 Å². The second-order valence-electron chi connectivity index (χ2n) is 9.52. The summed E-state index contributed by atoms with van der Waals surface area (Å²) in [7, 11) is 4.98. The van der Waals surface area contributed by atoms with Gasteiger partial charge in [0.1, 0.15) is 17.2 Å². The number of methoxy groups -OCH3 is 3. The van der Waals surface area contributed by atoms with Crippen LogP contribution in [0.4, 0.5) is 0 Å². The smallest absolute Gasteiger partial charge is 0.220 e. The van der Waals surface area contributed by atoms with Gasteiger partial charge in [-0.25, -0.2) is 0 Å². The lowest BCUT2D eigenvalue weighted by Gasteiger charge is -2.21. The quantitative estimate of drug-likeness (QED) is 0.303. The van der Waals surface area contributed by atoms with Gasteiger partial charge in [0.05, 0.1) is 32.7 Å². The van der Waals surface area contributed by atoms with Crippen molar-refractivity contribution in [3.05, 3.63) is 95.2 Å². The van der Waals surface area contributed by atoms with Gasteiger partial charge in [-0.2, -0.15) is 0 Å². The number of carbonyl (C=O) groups is 1. The van der Waals surface area contributed by atoms with Gasteiger partial charge in [0.15, 0.2) is 0 Å². The second-order valence-corrected chi connectivity index (χ2v) is 9.52. The second kappa shape index (κ2) is 11.5. The standard InChI is InChI=1S/C32H34N2O4/c1-36-27-13-8-22(9-14-27)16-17-33-31(35)15-12-25-18-24-11-10-23-6-4-5-7-30(23)32(24)34(25)26-19-28(37-2)21-29(20-26)38-3/h4-9,13-14,18-21H,10-12,15-17H2,1-3H3,(H,33,35). The van der Waals surface area contributed by atoms with Crippen LogP contribution in [0, 0.1) is 0 Å². The zero-order chi connectivity index (χ0) is 26.5. The van der Waals surface area contributed by atoms with Crippen LogP contribution >= 0.6 is 0 Å². The average Bonchev–Trinajstić information content (AvgIpc) is 3.35. The van der Waals surface area contributed by atoms with E-state index in [2.05, 4.69) is 40.2 Å². The van der Waals surface area contributed by atoms with E-state index < -0.39 is 0 Å². The summed E-state index contributed by atoms with van der Waals surface area (Å²) in [5, 5.41) is 3.08. The molecule has 0 aliphatic heterocycles. The van der Waals surface area contributed by atoms with Gasteiger partial charge in [0.2, 0.25) is 5.91 Å².